The van der Waals surface area contributed by atoms with Gasteiger partial charge in [-0.05, 0) is 38.0 Å². The van der Waals surface area contributed by atoms with Crippen molar-refractivity contribution >= 4 is 0 Å². The van der Waals surface area contributed by atoms with Crippen LogP contribution in [0.15, 0.2) is 24.4 Å². The molecule has 1 aromatic heterocycles. The lowest BCUT2D eigenvalue weighted by Gasteiger charge is -2.07. The third-order valence-electron chi connectivity index (χ3n) is 3.09. The number of rotatable bonds is 2. The molecule has 0 atom stereocenters. The lowest BCUT2D eigenvalue weighted by molar-refractivity contribution is 0.854. The molecule has 1 heterocycles. The lowest BCUT2D eigenvalue weighted by atomic mass is 10.1. The average Bonchev–Trinajstić information content (AvgIpc) is 2.65. The largest absolute Gasteiger partial charge is 0.240 e. The Morgan fingerprint density at radius 1 is 1.29 bits per heavy atom. The van der Waals surface area contributed by atoms with Gasteiger partial charge in [0.05, 0.1) is 23.9 Å². The van der Waals surface area contributed by atoms with Crippen molar-refractivity contribution in [1.82, 2.24) is 9.78 Å². The van der Waals surface area contributed by atoms with Gasteiger partial charge in [0.15, 0.2) is 0 Å². The molecule has 17 heavy (non-hydrogen) atoms. The maximum absolute atomic E-state index is 8.74. The zero-order valence-corrected chi connectivity index (χ0v) is 10.4. The predicted molar refractivity (Wildman–Crippen MR) is 67.1 cm³/mol. The Morgan fingerprint density at radius 2 is 2.06 bits per heavy atom. The topological polar surface area (TPSA) is 41.6 Å². The van der Waals surface area contributed by atoms with Crippen LogP contribution in [-0.2, 0) is 6.42 Å². The molecule has 0 amide bonds. The molecule has 0 spiro atoms. The summed E-state index contributed by atoms with van der Waals surface area (Å²) in [5.74, 6) is 0. The first kappa shape index (κ1) is 11.4. The van der Waals surface area contributed by atoms with Gasteiger partial charge in [0.2, 0.25) is 0 Å². The number of nitriles is 1. The quantitative estimate of drug-likeness (QED) is 0.788. The summed E-state index contributed by atoms with van der Waals surface area (Å²) in [7, 11) is 0. The molecule has 0 bridgehead atoms. The molecule has 0 aliphatic rings. The van der Waals surface area contributed by atoms with E-state index in [1.165, 1.54) is 11.1 Å². The zero-order valence-electron chi connectivity index (χ0n) is 10.4. The minimum absolute atomic E-state index is 0.413. The Balaban J connectivity index is 2.51. The maximum Gasteiger partial charge on any atom is 0.0677 e. The highest BCUT2D eigenvalue weighted by atomic mass is 15.3. The fraction of sp³-hybridized carbons (Fsp3) is 0.286. The van der Waals surface area contributed by atoms with Crippen LogP contribution < -0.4 is 0 Å². The molecule has 0 aliphatic carbocycles. The summed E-state index contributed by atoms with van der Waals surface area (Å²) in [6.07, 6.45) is 2.36. The van der Waals surface area contributed by atoms with Gasteiger partial charge in [-0.15, -0.1) is 0 Å². The molecular weight excluding hydrogens is 210 g/mol. The normalized spacial score (nSPS) is 10.2. The van der Waals surface area contributed by atoms with Gasteiger partial charge < -0.3 is 0 Å². The van der Waals surface area contributed by atoms with E-state index in [0.717, 1.165) is 16.9 Å². The van der Waals surface area contributed by atoms with Crippen molar-refractivity contribution in [2.24, 2.45) is 0 Å². The number of hydrogen-bond acceptors (Lipinski definition) is 2. The standard InChI is InChI=1S/C14H15N3/c1-10-5-4-6-14(11(10)2)17-9-13(7-8-15)12(3)16-17/h4-6,9H,7H2,1-3H3. The van der Waals surface area contributed by atoms with Crippen LogP contribution in [0.25, 0.3) is 5.69 Å². The monoisotopic (exact) mass is 225 g/mol. The van der Waals surface area contributed by atoms with E-state index in [9.17, 15) is 0 Å². The second-order valence-corrected chi connectivity index (χ2v) is 4.24. The van der Waals surface area contributed by atoms with Crippen molar-refractivity contribution in [3.63, 3.8) is 0 Å². The second kappa shape index (κ2) is 4.42. The number of aryl methyl sites for hydroxylation is 2. The summed E-state index contributed by atoms with van der Waals surface area (Å²) in [6, 6.07) is 8.32. The number of hydrogen-bond donors (Lipinski definition) is 0. The molecule has 2 rings (SSSR count). The molecule has 0 saturated heterocycles. The maximum atomic E-state index is 8.74. The van der Waals surface area contributed by atoms with Crippen LogP contribution in [0.4, 0.5) is 0 Å². The average molecular weight is 225 g/mol. The summed E-state index contributed by atoms with van der Waals surface area (Å²) >= 11 is 0. The molecule has 0 saturated carbocycles. The SMILES string of the molecule is Cc1cccc(-n2cc(CC#N)c(C)n2)c1C. The van der Waals surface area contributed by atoms with E-state index in [1.807, 2.05) is 29.9 Å². The molecule has 2 aromatic rings. The van der Waals surface area contributed by atoms with E-state index in [2.05, 4.69) is 31.1 Å². The minimum Gasteiger partial charge on any atom is -0.240 e. The van der Waals surface area contributed by atoms with Gasteiger partial charge in [0, 0.05) is 11.8 Å². The van der Waals surface area contributed by atoms with Crippen molar-refractivity contribution in [2.45, 2.75) is 27.2 Å². The Bertz CT molecular complexity index is 588. The van der Waals surface area contributed by atoms with Crippen LogP contribution in [0, 0.1) is 32.1 Å². The van der Waals surface area contributed by atoms with E-state index in [0.29, 0.717) is 6.42 Å². The van der Waals surface area contributed by atoms with E-state index in [1.54, 1.807) is 0 Å². The summed E-state index contributed by atoms with van der Waals surface area (Å²) in [5.41, 5.74) is 5.47. The zero-order chi connectivity index (χ0) is 12.4. The summed E-state index contributed by atoms with van der Waals surface area (Å²) in [5, 5.41) is 13.2. The molecule has 0 fully saturated rings. The first-order valence-corrected chi connectivity index (χ1v) is 5.62. The molecule has 0 radical (unpaired) electrons. The van der Waals surface area contributed by atoms with Crippen LogP contribution in [0.3, 0.4) is 0 Å². The Hall–Kier alpha value is -2.08. The third-order valence-corrected chi connectivity index (χ3v) is 3.09. The summed E-state index contributed by atoms with van der Waals surface area (Å²) < 4.78 is 1.87. The van der Waals surface area contributed by atoms with Gasteiger partial charge in [0.1, 0.15) is 0 Å². The van der Waals surface area contributed by atoms with E-state index < -0.39 is 0 Å². The molecule has 3 nitrogen and oxygen atoms in total. The van der Waals surface area contributed by atoms with Crippen molar-refractivity contribution in [3.8, 4) is 11.8 Å². The van der Waals surface area contributed by atoms with Gasteiger partial charge in [-0.1, -0.05) is 12.1 Å². The van der Waals surface area contributed by atoms with E-state index in [-0.39, 0.29) is 0 Å². The Labute approximate surface area is 101 Å². The smallest absolute Gasteiger partial charge is 0.0677 e. The van der Waals surface area contributed by atoms with Crippen molar-refractivity contribution in [3.05, 3.63) is 46.8 Å². The third kappa shape index (κ3) is 2.07. The van der Waals surface area contributed by atoms with Crippen LogP contribution in [0.5, 0.6) is 0 Å². The highest BCUT2D eigenvalue weighted by molar-refractivity contribution is 5.44. The molecule has 0 aliphatic heterocycles. The first-order chi connectivity index (χ1) is 8.13. The van der Waals surface area contributed by atoms with Crippen molar-refractivity contribution < 1.29 is 0 Å². The molecule has 86 valence electrons. The minimum atomic E-state index is 0.413. The Kier molecular flexibility index (Phi) is 2.97. The summed E-state index contributed by atoms with van der Waals surface area (Å²) in [4.78, 5) is 0. The predicted octanol–water partition coefficient (Wildman–Crippen LogP) is 2.86. The second-order valence-electron chi connectivity index (χ2n) is 4.24. The highest BCUT2D eigenvalue weighted by Gasteiger charge is 2.08. The van der Waals surface area contributed by atoms with Crippen LogP contribution in [-0.4, -0.2) is 9.78 Å². The number of aromatic nitrogens is 2. The Morgan fingerprint density at radius 3 is 2.76 bits per heavy atom. The first-order valence-electron chi connectivity index (χ1n) is 5.62. The van der Waals surface area contributed by atoms with Gasteiger partial charge in [-0.2, -0.15) is 10.4 Å². The van der Waals surface area contributed by atoms with Crippen LogP contribution in [0.1, 0.15) is 22.4 Å². The van der Waals surface area contributed by atoms with E-state index >= 15 is 0 Å². The van der Waals surface area contributed by atoms with Gasteiger partial charge in [0.25, 0.3) is 0 Å². The highest BCUT2D eigenvalue weighted by Crippen LogP contribution is 2.18. The van der Waals surface area contributed by atoms with E-state index in [4.69, 9.17) is 5.26 Å². The lowest BCUT2D eigenvalue weighted by Crippen LogP contribution is -1.99. The van der Waals surface area contributed by atoms with Crippen molar-refractivity contribution in [1.29, 1.82) is 5.26 Å². The van der Waals surface area contributed by atoms with Crippen LogP contribution >= 0.6 is 0 Å². The molecular formula is C14H15N3. The molecule has 1 aromatic carbocycles. The van der Waals surface area contributed by atoms with Gasteiger partial charge in [-0.25, -0.2) is 4.68 Å². The molecule has 0 N–H and O–H groups in total. The number of benzene rings is 1. The van der Waals surface area contributed by atoms with Gasteiger partial charge in [-0.3, -0.25) is 0 Å². The molecule has 0 unspecified atom stereocenters. The summed E-state index contributed by atoms with van der Waals surface area (Å²) in [6.45, 7) is 6.12. The fourth-order valence-electron chi connectivity index (χ4n) is 1.86. The van der Waals surface area contributed by atoms with Crippen LogP contribution in [0.2, 0.25) is 0 Å². The fourth-order valence-corrected chi connectivity index (χ4v) is 1.86. The van der Waals surface area contributed by atoms with Crippen molar-refractivity contribution in [2.75, 3.05) is 0 Å². The molecule has 3 heteroatoms. The number of nitrogens with zero attached hydrogens (tertiary/aromatic N) is 3. The van der Waals surface area contributed by atoms with Gasteiger partial charge >= 0.3 is 0 Å².